The molecule has 4 rings (SSSR count). The van der Waals surface area contributed by atoms with Crippen LogP contribution >= 0.6 is 0 Å². The molecule has 0 aliphatic carbocycles. The number of H-pyrrole nitrogens is 1. The van der Waals surface area contributed by atoms with Crippen molar-refractivity contribution in [3.05, 3.63) is 53.5 Å². The molecule has 3 aromatic rings. The normalized spacial score (nSPS) is 15.6. The molecular weight excluding hydrogens is 421 g/mol. The van der Waals surface area contributed by atoms with E-state index in [0.29, 0.717) is 48.3 Å². The van der Waals surface area contributed by atoms with E-state index >= 15 is 0 Å². The van der Waals surface area contributed by atoms with Crippen LogP contribution in [0.15, 0.2) is 36.5 Å². The molecule has 3 heterocycles. The summed E-state index contributed by atoms with van der Waals surface area (Å²) in [6.07, 6.45) is -5.15. The number of hydrogen-bond acceptors (Lipinski definition) is 4. The van der Waals surface area contributed by atoms with Crippen LogP contribution in [-0.2, 0) is 6.18 Å². The van der Waals surface area contributed by atoms with Crippen molar-refractivity contribution in [2.45, 2.75) is 31.5 Å². The first-order chi connectivity index (χ1) is 14.7. The minimum Gasteiger partial charge on any atom is -0.356 e. The van der Waals surface area contributed by atoms with Crippen LogP contribution in [0.3, 0.4) is 0 Å². The Morgan fingerprint density at radius 3 is 2.52 bits per heavy atom. The van der Waals surface area contributed by atoms with Crippen LogP contribution in [0.1, 0.15) is 41.0 Å². The second-order valence-electron chi connectivity index (χ2n) is 7.29. The quantitative estimate of drug-likeness (QED) is 0.594. The van der Waals surface area contributed by atoms with E-state index in [0.717, 1.165) is 12.3 Å². The monoisotopic (exact) mass is 439 g/mol. The maximum Gasteiger partial charge on any atom is 0.417 e. The standard InChI is InChI=1S/C20H18F5N5O/c21-17(22)18-28-14-3-1-11(9-15(14)29-18)19(31)27-13-5-7-30(8-6-13)16-4-2-12(10-26-16)20(23,24)25/h1-4,9-10,13,17H,5-8H2,(H,27,31)(H,28,29). The predicted molar refractivity (Wildman–Crippen MR) is 103 cm³/mol. The van der Waals surface area contributed by atoms with E-state index in [1.54, 1.807) is 0 Å². The van der Waals surface area contributed by atoms with E-state index in [-0.39, 0.29) is 11.9 Å². The molecule has 1 aromatic carbocycles. The van der Waals surface area contributed by atoms with Crippen molar-refractivity contribution in [1.29, 1.82) is 0 Å². The Labute approximate surface area is 173 Å². The molecule has 2 N–H and O–H groups in total. The van der Waals surface area contributed by atoms with Gasteiger partial charge in [-0.25, -0.2) is 18.7 Å². The van der Waals surface area contributed by atoms with Crippen molar-refractivity contribution in [1.82, 2.24) is 20.3 Å². The van der Waals surface area contributed by atoms with Crippen LogP contribution in [0, 0.1) is 0 Å². The Balaban J connectivity index is 1.35. The number of amides is 1. The van der Waals surface area contributed by atoms with E-state index in [2.05, 4.69) is 20.3 Å². The fraction of sp³-hybridized carbons (Fsp3) is 0.350. The molecule has 0 spiro atoms. The first-order valence-electron chi connectivity index (χ1n) is 9.57. The van der Waals surface area contributed by atoms with Crippen molar-refractivity contribution in [3.8, 4) is 0 Å². The van der Waals surface area contributed by atoms with Crippen LogP contribution in [0.5, 0.6) is 0 Å². The molecule has 164 valence electrons. The molecule has 31 heavy (non-hydrogen) atoms. The lowest BCUT2D eigenvalue weighted by molar-refractivity contribution is -0.137. The number of anilines is 1. The van der Waals surface area contributed by atoms with Crippen LogP contribution < -0.4 is 10.2 Å². The number of imidazole rings is 1. The molecule has 6 nitrogen and oxygen atoms in total. The van der Waals surface area contributed by atoms with Crippen molar-refractivity contribution < 1.29 is 26.7 Å². The van der Waals surface area contributed by atoms with Crippen LogP contribution in [0.25, 0.3) is 11.0 Å². The zero-order chi connectivity index (χ0) is 22.2. The van der Waals surface area contributed by atoms with Crippen LogP contribution in [-0.4, -0.2) is 40.0 Å². The highest BCUT2D eigenvalue weighted by Gasteiger charge is 2.31. The number of piperidine rings is 1. The van der Waals surface area contributed by atoms with E-state index in [4.69, 9.17) is 0 Å². The summed E-state index contributed by atoms with van der Waals surface area (Å²) in [5.74, 6) is -0.324. The maximum atomic E-state index is 12.8. The van der Waals surface area contributed by atoms with Crippen molar-refractivity contribution in [2.24, 2.45) is 0 Å². The number of benzene rings is 1. The van der Waals surface area contributed by atoms with Gasteiger partial charge in [-0.05, 0) is 43.2 Å². The van der Waals surface area contributed by atoms with E-state index in [1.807, 2.05) is 4.90 Å². The number of aromatic nitrogens is 3. The number of pyridine rings is 1. The largest absolute Gasteiger partial charge is 0.417 e. The number of nitrogens with one attached hydrogen (secondary N) is 2. The Morgan fingerprint density at radius 1 is 1.16 bits per heavy atom. The molecule has 1 aliphatic heterocycles. The maximum absolute atomic E-state index is 12.8. The lowest BCUT2D eigenvalue weighted by Gasteiger charge is -2.33. The molecule has 0 atom stereocenters. The van der Waals surface area contributed by atoms with Gasteiger partial charge in [0, 0.05) is 30.9 Å². The van der Waals surface area contributed by atoms with E-state index in [9.17, 15) is 26.7 Å². The molecule has 0 saturated carbocycles. The summed E-state index contributed by atoms with van der Waals surface area (Å²) in [7, 11) is 0. The van der Waals surface area contributed by atoms with Gasteiger partial charge in [0.2, 0.25) is 0 Å². The molecule has 2 aromatic heterocycles. The lowest BCUT2D eigenvalue weighted by atomic mass is 10.0. The molecule has 0 unspecified atom stereocenters. The zero-order valence-corrected chi connectivity index (χ0v) is 16.1. The molecule has 1 amide bonds. The van der Waals surface area contributed by atoms with Crippen LogP contribution in [0.2, 0.25) is 0 Å². The van der Waals surface area contributed by atoms with Gasteiger partial charge < -0.3 is 15.2 Å². The van der Waals surface area contributed by atoms with Gasteiger partial charge in [-0.1, -0.05) is 0 Å². The number of aromatic amines is 1. The van der Waals surface area contributed by atoms with Crippen molar-refractivity contribution in [2.75, 3.05) is 18.0 Å². The molecule has 0 bridgehead atoms. The van der Waals surface area contributed by atoms with Gasteiger partial charge in [-0.3, -0.25) is 4.79 Å². The second-order valence-corrected chi connectivity index (χ2v) is 7.29. The molecule has 1 aliphatic rings. The summed E-state index contributed by atoms with van der Waals surface area (Å²) < 4.78 is 63.5. The number of nitrogens with zero attached hydrogens (tertiary/aromatic N) is 3. The molecular formula is C20H18F5N5O. The molecule has 11 heteroatoms. The third-order valence-corrected chi connectivity index (χ3v) is 5.20. The number of hydrogen-bond donors (Lipinski definition) is 2. The fourth-order valence-corrected chi connectivity index (χ4v) is 3.54. The first-order valence-corrected chi connectivity index (χ1v) is 9.57. The lowest BCUT2D eigenvalue weighted by Crippen LogP contribution is -2.45. The fourth-order valence-electron chi connectivity index (χ4n) is 3.54. The van der Waals surface area contributed by atoms with Gasteiger partial charge in [0.05, 0.1) is 16.6 Å². The zero-order valence-electron chi connectivity index (χ0n) is 16.1. The van der Waals surface area contributed by atoms with Gasteiger partial charge in [-0.15, -0.1) is 0 Å². The number of rotatable bonds is 4. The number of carbonyl (C=O) groups excluding carboxylic acids is 1. The number of fused-ring (bicyclic) bond motifs is 1. The van der Waals surface area contributed by atoms with E-state index < -0.39 is 24.0 Å². The Hall–Kier alpha value is -3.24. The third kappa shape index (κ3) is 4.59. The average molecular weight is 439 g/mol. The number of carbonyl (C=O) groups is 1. The van der Waals surface area contributed by atoms with Gasteiger partial charge in [0.15, 0.2) is 5.82 Å². The van der Waals surface area contributed by atoms with Gasteiger partial charge >= 0.3 is 6.18 Å². The highest BCUT2D eigenvalue weighted by molar-refractivity contribution is 5.97. The Morgan fingerprint density at radius 2 is 1.90 bits per heavy atom. The minimum absolute atomic E-state index is 0.118. The van der Waals surface area contributed by atoms with Gasteiger partial charge in [0.25, 0.3) is 12.3 Å². The van der Waals surface area contributed by atoms with Crippen molar-refractivity contribution >= 4 is 22.8 Å². The molecule has 0 radical (unpaired) electrons. The van der Waals surface area contributed by atoms with Gasteiger partial charge in [-0.2, -0.15) is 13.2 Å². The smallest absolute Gasteiger partial charge is 0.356 e. The van der Waals surface area contributed by atoms with Crippen LogP contribution in [0.4, 0.5) is 27.8 Å². The van der Waals surface area contributed by atoms with Crippen molar-refractivity contribution in [3.63, 3.8) is 0 Å². The summed E-state index contributed by atoms with van der Waals surface area (Å²) in [4.78, 5) is 24.6. The van der Waals surface area contributed by atoms with Gasteiger partial charge in [0.1, 0.15) is 5.82 Å². The molecule has 1 fully saturated rings. The summed E-state index contributed by atoms with van der Waals surface area (Å²) >= 11 is 0. The summed E-state index contributed by atoms with van der Waals surface area (Å²) in [5, 5.41) is 2.91. The third-order valence-electron chi connectivity index (χ3n) is 5.20. The minimum atomic E-state index is -4.43. The number of alkyl halides is 5. The average Bonchev–Trinajstić information content (AvgIpc) is 3.17. The summed E-state index contributed by atoms with van der Waals surface area (Å²) in [5.41, 5.74) is 0.229. The Kier molecular flexibility index (Phi) is 5.50. The predicted octanol–water partition coefficient (Wildman–Crippen LogP) is 4.31. The number of halogens is 5. The highest BCUT2D eigenvalue weighted by Crippen LogP contribution is 2.30. The SMILES string of the molecule is O=C(NC1CCN(c2ccc(C(F)(F)F)cn2)CC1)c1ccc2nc(C(F)F)[nH]c2c1. The molecule has 1 saturated heterocycles. The Bertz CT molecular complexity index is 1070. The first kappa shape index (κ1) is 21.0. The summed E-state index contributed by atoms with van der Waals surface area (Å²) in [6.45, 7) is 1.06. The van der Waals surface area contributed by atoms with E-state index in [1.165, 1.54) is 24.3 Å². The second kappa shape index (κ2) is 8.12. The summed E-state index contributed by atoms with van der Waals surface area (Å²) in [6, 6.07) is 6.73. The highest BCUT2D eigenvalue weighted by atomic mass is 19.4. The topological polar surface area (TPSA) is 73.9 Å².